The summed E-state index contributed by atoms with van der Waals surface area (Å²) in [5, 5.41) is 15.0. The molecule has 6 nitrogen and oxygen atoms in total. The molecule has 7 heteroatoms. The molecule has 0 spiro atoms. The molecule has 2 aromatic carbocycles. The molecule has 0 fully saturated rings. The normalized spacial score (nSPS) is 12.1. The maximum absolute atomic E-state index is 5.07. The van der Waals surface area contributed by atoms with Gasteiger partial charge in [-0.1, -0.05) is 78.1 Å². The van der Waals surface area contributed by atoms with E-state index in [0.717, 1.165) is 27.0 Å². The topological polar surface area (TPSA) is 60.4 Å². The largest absolute Gasteiger partial charge is 0.297 e. The number of nitrogens with zero attached hydrogens (tertiary/aromatic N) is 6. The Balaban J connectivity index is 1.59. The van der Waals surface area contributed by atoms with Crippen LogP contribution in [-0.4, -0.2) is 29.2 Å². The first-order valence-electron chi connectivity index (χ1n) is 10.4. The van der Waals surface area contributed by atoms with Crippen LogP contribution >= 0.6 is 11.3 Å². The summed E-state index contributed by atoms with van der Waals surface area (Å²) in [6, 6.07) is 27.0. The van der Waals surface area contributed by atoms with Crippen LogP contribution < -0.4 is 0 Å². The van der Waals surface area contributed by atoms with Gasteiger partial charge < -0.3 is 0 Å². The van der Waals surface area contributed by atoms with Crippen LogP contribution in [0.25, 0.3) is 22.1 Å². The smallest absolute Gasteiger partial charge is 0.235 e. The molecule has 4 aromatic heterocycles. The van der Waals surface area contributed by atoms with Crippen molar-refractivity contribution < 1.29 is 0 Å². The van der Waals surface area contributed by atoms with Gasteiger partial charge in [0, 0.05) is 6.20 Å². The van der Waals surface area contributed by atoms with E-state index in [4.69, 9.17) is 5.10 Å². The Morgan fingerprint density at radius 3 is 2.16 bits per heavy atom. The standard InChI is InChI=1S/C25H20N6S/c1-17-21(30-16-10-9-15-20(30)26-17)22-27-28-24-31(22)29-23(32-24)25(2,18-11-5-3-6-12-18)19-13-7-4-8-14-19/h3-16H,1-2H3. The van der Waals surface area contributed by atoms with Gasteiger partial charge in [0.1, 0.15) is 16.3 Å². The Morgan fingerprint density at radius 2 is 1.47 bits per heavy atom. The fourth-order valence-corrected chi connectivity index (χ4v) is 5.34. The fourth-order valence-electron chi connectivity index (χ4n) is 4.31. The predicted molar refractivity (Wildman–Crippen MR) is 126 cm³/mol. The van der Waals surface area contributed by atoms with Crippen molar-refractivity contribution in [1.29, 1.82) is 0 Å². The molecule has 6 rings (SSSR count). The van der Waals surface area contributed by atoms with Gasteiger partial charge in [0.2, 0.25) is 10.8 Å². The average molecular weight is 437 g/mol. The Kier molecular flexibility index (Phi) is 4.19. The third-order valence-electron chi connectivity index (χ3n) is 6.04. The molecular weight excluding hydrogens is 416 g/mol. The summed E-state index contributed by atoms with van der Waals surface area (Å²) in [7, 11) is 0. The van der Waals surface area contributed by atoms with Crippen LogP contribution in [0.15, 0.2) is 85.1 Å². The highest BCUT2D eigenvalue weighted by molar-refractivity contribution is 7.16. The molecule has 0 unspecified atom stereocenters. The summed E-state index contributed by atoms with van der Waals surface area (Å²) in [6.07, 6.45) is 2.00. The summed E-state index contributed by atoms with van der Waals surface area (Å²) in [5.74, 6) is 0.696. The van der Waals surface area contributed by atoms with E-state index in [2.05, 4.69) is 70.6 Å². The SMILES string of the molecule is Cc1nc2ccccn2c1-c1nnc2sc(C(C)(c3ccccc3)c3ccccc3)nn12. The first kappa shape index (κ1) is 18.9. The van der Waals surface area contributed by atoms with Gasteiger partial charge in [-0.25, -0.2) is 4.98 Å². The Bertz CT molecular complexity index is 1510. The van der Waals surface area contributed by atoms with E-state index in [9.17, 15) is 0 Å². The molecule has 0 atom stereocenters. The maximum atomic E-state index is 5.07. The third kappa shape index (κ3) is 2.71. The number of fused-ring (bicyclic) bond motifs is 2. The van der Waals surface area contributed by atoms with E-state index in [-0.39, 0.29) is 0 Å². The first-order valence-corrected chi connectivity index (χ1v) is 11.3. The van der Waals surface area contributed by atoms with E-state index in [1.807, 2.05) is 52.4 Å². The van der Waals surface area contributed by atoms with Crippen LogP contribution in [0.2, 0.25) is 0 Å². The number of imidazole rings is 1. The second-order valence-corrected chi connectivity index (χ2v) is 8.91. The number of aromatic nitrogens is 6. The lowest BCUT2D eigenvalue weighted by atomic mass is 9.77. The molecule has 0 saturated heterocycles. The van der Waals surface area contributed by atoms with Gasteiger partial charge in [-0.2, -0.15) is 9.61 Å². The lowest BCUT2D eigenvalue weighted by Crippen LogP contribution is -2.25. The minimum absolute atomic E-state index is 0.417. The fraction of sp³-hybridized carbons (Fsp3) is 0.120. The molecule has 156 valence electrons. The highest BCUT2D eigenvalue weighted by atomic mass is 32.1. The monoisotopic (exact) mass is 436 g/mol. The summed E-state index contributed by atoms with van der Waals surface area (Å²) in [6.45, 7) is 4.22. The molecule has 32 heavy (non-hydrogen) atoms. The Hall–Kier alpha value is -3.84. The van der Waals surface area contributed by atoms with E-state index < -0.39 is 5.41 Å². The van der Waals surface area contributed by atoms with E-state index >= 15 is 0 Å². The van der Waals surface area contributed by atoms with Crippen LogP contribution in [-0.2, 0) is 5.41 Å². The molecule has 0 radical (unpaired) electrons. The number of pyridine rings is 1. The van der Waals surface area contributed by atoms with Crippen molar-refractivity contribution in [3.8, 4) is 11.5 Å². The second-order valence-electron chi connectivity index (χ2n) is 7.96. The molecule has 0 aliphatic heterocycles. The molecule has 4 heterocycles. The highest BCUT2D eigenvalue weighted by Gasteiger charge is 2.35. The summed E-state index contributed by atoms with van der Waals surface area (Å²) >= 11 is 1.57. The van der Waals surface area contributed by atoms with Crippen LogP contribution in [0.1, 0.15) is 28.8 Å². The van der Waals surface area contributed by atoms with Crippen molar-refractivity contribution in [3.63, 3.8) is 0 Å². The summed E-state index contributed by atoms with van der Waals surface area (Å²) in [5.41, 5.74) is 4.64. The summed E-state index contributed by atoms with van der Waals surface area (Å²) < 4.78 is 3.89. The minimum Gasteiger partial charge on any atom is -0.297 e. The van der Waals surface area contributed by atoms with Crippen molar-refractivity contribution in [2.45, 2.75) is 19.3 Å². The number of aryl methyl sites for hydroxylation is 1. The van der Waals surface area contributed by atoms with Gasteiger partial charge >= 0.3 is 0 Å². The van der Waals surface area contributed by atoms with Gasteiger partial charge in [-0.05, 0) is 37.1 Å². The van der Waals surface area contributed by atoms with Gasteiger partial charge in [0.15, 0.2) is 0 Å². The zero-order valence-corrected chi connectivity index (χ0v) is 18.5. The van der Waals surface area contributed by atoms with Gasteiger partial charge in [-0.3, -0.25) is 4.40 Å². The number of benzene rings is 2. The van der Waals surface area contributed by atoms with Crippen LogP contribution in [0.4, 0.5) is 0 Å². The lowest BCUT2D eigenvalue weighted by Gasteiger charge is -2.28. The molecule has 0 bridgehead atoms. The van der Waals surface area contributed by atoms with Crippen LogP contribution in [0, 0.1) is 6.92 Å². The molecule has 0 aliphatic rings. The van der Waals surface area contributed by atoms with Crippen LogP contribution in [0.3, 0.4) is 0 Å². The molecule has 0 N–H and O–H groups in total. The zero-order chi connectivity index (χ0) is 21.7. The average Bonchev–Trinajstić information content (AvgIpc) is 3.52. The minimum atomic E-state index is -0.417. The number of hydrogen-bond acceptors (Lipinski definition) is 5. The van der Waals surface area contributed by atoms with E-state index in [1.165, 1.54) is 11.1 Å². The highest BCUT2D eigenvalue weighted by Crippen LogP contribution is 2.41. The predicted octanol–water partition coefficient (Wildman–Crippen LogP) is 5.16. The van der Waals surface area contributed by atoms with Gasteiger partial charge in [-0.15, -0.1) is 10.2 Å². The van der Waals surface area contributed by atoms with Gasteiger partial charge in [0.05, 0.1) is 11.1 Å². The Labute approximate surface area is 188 Å². The molecular formula is C25H20N6S. The van der Waals surface area contributed by atoms with Crippen molar-refractivity contribution in [2.24, 2.45) is 0 Å². The zero-order valence-electron chi connectivity index (χ0n) is 17.7. The van der Waals surface area contributed by atoms with Crippen molar-refractivity contribution in [1.82, 2.24) is 29.2 Å². The maximum Gasteiger partial charge on any atom is 0.235 e. The van der Waals surface area contributed by atoms with E-state index in [0.29, 0.717) is 5.82 Å². The van der Waals surface area contributed by atoms with E-state index in [1.54, 1.807) is 11.3 Å². The number of rotatable bonds is 4. The van der Waals surface area contributed by atoms with Crippen LogP contribution in [0.5, 0.6) is 0 Å². The van der Waals surface area contributed by atoms with Crippen molar-refractivity contribution in [3.05, 3.63) is 107 Å². The number of hydrogen-bond donors (Lipinski definition) is 0. The molecule has 0 saturated carbocycles. The quantitative estimate of drug-likeness (QED) is 0.383. The Morgan fingerprint density at radius 1 is 0.812 bits per heavy atom. The summed E-state index contributed by atoms with van der Waals surface area (Å²) in [4.78, 5) is 5.45. The molecule has 0 amide bonds. The first-order chi connectivity index (χ1) is 15.7. The van der Waals surface area contributed by atoms with Crippen molar-refractivity contribution >= 4 is 21.9 Å². The lowest BCUT2D eigenvalue weighted by molar-refractivity contribution is 0.666. The van der Waals surface area contributed by atoms with Gasteiger partial charge in [0.25, 0.3) is 0 Å². The molecule has 6 aromatic rings. The second kappa shape index (κ2) is 7.10. The van der Waals surface area contributed by atoms with Crippen molar-refractivity contribution in [2.75, 3.05) is 0 Å². The molecule has 0 aliphatic carbocycles. The third-order valence-corrected chi connectivity index (χ3v) is 7.16.